The van der Waals surface area contributed by atoms with Gasteiger partial charge in [0.15, 0.2) is 0 Å². The fourth-order valence-electron chi connectivity index (χ4n) is 21.7. The van der Waals surface area contributed by atoms with Gasteiger partial charge >= 0.3 is 0 Å². The summed E-state index contributed by atoms with van der Waals surface area (Å²) in [5, 5.41) is 12.8. The first-order valence-corrected chi connectivity index (χ1v) is 41.6. The molecule has 1 N–H and O–H groups in total. The van der Waals surface area contributed by atoms with Gasteiger partial charge in [0.25, 0.3) is 0 Å². The molecule has 0 radical (unpaired) electrons. The molecule has 119 heavy (non-hydrogen) atoms. The van der Waals surface area contributed by atoms with Crippen LogP contribution in [0.5, 0.6) is 0 Å². The SMILES string of the molecule is CC1(C)c2ccccc2-c2ccc(C3=C4C(=C(c5cccc6ccccc56)c5ccccc54)c4ccccc43)cc21.c1ccc2c(c1)C1=C(c3cccc4ccccc34)c3ccccc3C1=C2c1ccc2[nH]c3ccccc3c2c1.c1ccc2c(c1)C1=C(n3c4ccccc4c4ccccc43)c3ccccc3C1=C2c1cccc2ccccc12. The Labute approximate surface area is 690 Å². The van der Waals surface area contributed by atoms with Crippen molar-refractivity contribution in [2.45, 2.75) is 19.3 Å². The highest BCUT2D eigenvalue weighted by molar-refractivity contribution is 6.39. The average Bonchev–Trinajstić information content (AvgIpc) is 1.53. The van der Waals surface area contributed by atoms with Crippen LogP contribution in [0.4, 0.5) is 0 Å². The summed E-state index contributed by atoms with van der Waals surface area (Å²) in [4.78, 5) is 3.60. The summed E-state index contributed by atoms with van der Waals surface area (Å²) in [7, 11) is 0. The van der Waals surface area contributed by atoms with Crippen LogP contribution < -0.4 is 0 Å². The number of rotatable bonds is 6. The molecular formula is C117H74N2. The van der Waals surface area contributed by atoms with E-state index in [0.717, 1.165) is 0 Å². The molecule has 7 aliphatic carbocycles. The van der Waals surface area contributed by atoms with Crippen molar-refractivity contribution in [1.29, 1.82) is 0 Å². The van der Waals surface area contributed by atoms with Gasteiger partial charge in [0.2, 0.25) is 0 Å². The van der Waals surface area contributed by atoms with Gasteiger partial charge in [-0.2, -0.15) is 0 Å². The summed E-state index contributed by atoms with van der Waals surface area (Å²) in [6.45, 7) is 4.74. The van der Waals surface area contributed by atoms with Crippen LogP contribution in [-0.2, 0) is 5.41 Å². The highest BCUT2D eigenvalue weighted by Crippen LogP contribution is 2.63. The van der Waals surface area contributed by atoms with Crippen LogP contribution >= 0.6 is 0 Å². The normalized spacial score (nSPS) is 14.5. The minimum Gasteiger partial charge on any atom is -0.355 e. The number of H-pyrrole nitrogens is 1. The summed E-state index contributed by atoms with van der Waals surface area (Å²) in [6, 6.07) is 150. The van der Waals surface area contributed by atoms with Gasteiger partial charge in [-0.05, 0) is 230 Å². The van der Waals surface area contributed by atoms with Gasteiger partial charge in [-0.1, -0.05) is 384 Å². The molecule has 0 saturated carbocycles. The molecule has 0 amide bonds. The van der Waals surface area contributed by atoms with E-state index in [-0.39, 0.29) is 5.41 Å². The zero-order valence-electron chi connectivity index (χ0n) is 65.6. The molecule has 2 nitrogen and oxygen atoms in total. The predicted octanol–water partition coefficient (Wildman–Crippen LogP) is 29.8. The number of fused-ring (bicyclic) bond motifs is 27. The van der Waals surface area contributed by atoms with Crippen molar-refractivity contribution in [3.63, 3.8) is 0 Å². The third-order valence-electron chi connectivity index (χ3n) is 26.7. The highest BCUT2D eigenvalue weighted by Gasteiger charge is 2.43. The second-order valence-electron chi connectivity index (χ2n) is 33.1. The van der Waals surface area contributed by atoms with Crippen LogP contribution in [0, 0.1) is 0 Å². The Morgan fingerprint density at radius 2 is 0.479 bits per heavy atom. The lowest BCUT2D eigenvalue weighted by molar-refractivity contribution is 0.660. The van der Waals surface area contributed by atoms with Crippen molar-refractivity contribution < 1.29 is 0 Å². The van der Waals surface area contributed by atoms with E-state index in [1.54, 1.807) is 0 Å². The van der Waals surface area contributed by atoms with Crippen LogP contribution in [0.25, 0.3) is 154 Å². The number of aromatic nitrogens is 2. The minimum absolute atomic E-state index is 0.0361. The Balaban J connectivity index is 0.0000000992. The Kier molecular flexibility index (Phi) is 14.6. The third-order valence-corrected chi connectivity index (χ3v) is 26.7. The van der Waals surface area contributed by atoms with E-state index in [1.807, 2.05) is 0 Å². The maximum absolute atomic E-state index is 3.60. The van der Waals surface area contributed by atoms with Crippen LogP contribution in [-0.4, -0.2) is 9.55 Å². The molecule has 0 unspecified atom stereocenters. The summed E-state index contributed by atoms with van der Waals surface area (Å²) in [5.74, 6) is 0. The molecule has 2 heteroatoms. The van der Waals surface area contributed by atoms with Crippen molar-refractivity contribution in [3.05, 3.63) is 512 Å². The summed E-state index contributed by atoms with van der Waals surface area (Å²) >= 11 is 0. The first-order valence-electron chi connectivity index (χ1n) is 41.6. The number of hydrogen-bond acceptors (Lipinski definition) is 0. The second kappa shape index (κ2) is 25.9. The monoisotopic (exact) mass is 1510 g/mol. The lowest BCUT2D eigenvalue weighted by Crippen LogP contribution is -2.15. The van der Waals surface area contributed by atoms with Crippen LogP contribution in [0.3, 0.4) is 0 Å². The van der Waals surface area contributed by atoms with E-state index in [1.165, 1.54) is 260 Å². The molecule has 20 aromatic rings. The molecule has 18 aromatic carbocycles. The Bertz CT molecular complexity index is 8050. The zero-order chi connectivity index (χ0) is 78.3. The number of aromatic amines is 1. The highest BCUT2D eigenvalue weighted by atomic mass is 15.0. The second-order valence-corrected chi connectivity index (χ2v) is 33.1. The van der Waals surface area contributed by atoms with Crippen molar-refractivity contribution in [2.75, 3.05) is 0 Å². The molecule has 0 fully saturated rings. The minimum atomic E-state index is -0.0361. The van der Waals surface area contributed by atoms with E-state index in [0.29, 0.717) is 0 Å². The van der Waals surface area contributed by atoms with Crippen LogP contribution in [0.15, 0.2) is 406 Å². The Hall–Kier alpha value is -15.2. The number of benzene rings is 18. The molecule has 0 spiro atoms. The number of para-hydroxylation sites is 3. The topological polar surface area (TPSA) is 20.7 Å². The van der Waals surface area contributed by atoms with Crippen molar-refractivity contribution in [3.8, 4) is 11.1 Å². The molecule has 2 aromatic heterocycles. The standard InChI is InChI=1S/C41H28.2C38H23N/c1-41(2)35-21-10-9-15-28(35)29-23-22-26(24-36(29)41)37-31-16-5-7-18-33(31)40-38(32-17-6-8-19-34(32)39(37)40)30-20-11-13-25-12-3-4-14-27(25)30;1-2-12-25-23(10-1)11-9-18-27(25)36-29-15-4-6-17-31(29)37-35(28-14-3-5-16-30(28)38(36)37)24-20-21-34-32(22-24)26-13-7-8-19-33(26)39-34;1-2-14-25-24(12-1)13-11-21-28(25)35-29-17-3-4-18-30(29)37-36(35)31-19-5-6-20-32(31)38(37)39-33-22-9-7-15-26(33)27-16-8-10-23-34(27)39/h3-24H,1-2H3;1-22,39H;1-23H. The number of nitrogens with one attached hydrogen (secondary N) is 1. The first-order chi connectivity index (χ1) is 58.9. The molecule has 0 atom stereocenters. The smallest absolute Gasteiger partial charge is 0.0625 e. The number of nitrogens with zero attached hydrogens (tertiary/aromatic N) is 1. The molecule has 2 heterocycles. The summed E-state index contributed by atoms with van der Waals surface area (Å²) < 4.78 is 2.51. The van der Waals surface area contributed by atoms with Gasteiger partial charge in [0.05, 0.1) is 16.7 Å². The predicted molar refractivity (Wildman–Crippen MR) is 502 cm³/mol. The van der Waals surface area contributed by atoms with Gasteiger partial charge in [-0.25, -0.2) is 0 Å². The lowest BCUT2D eigenvalue weighted by atomic mass is 9.81. The largest absolute Gasteiger partial charge is 0.355 e. The molecule has 27 rings (SSSR count). The zero-order valence-corrected chi connectivity index (χ0v) is 65.6. The molecule has 0 aliphatic heterocycles. The van der Waals surface area contributed by atoms with Crippen molar-refractivity contribution in [1.82, 2.24) is 9.55 Å². The van der Waals surface area contributed by atoms with E-state index in [4.69, 9.17) is 0 Å². The molecule has 7 aliphatic rings. The van der Waals surface area contributed by atoms with Crippen molar-refractivity contribution in [2.24, 2.45) is 0 Å². The van der Waals surface area contributed by atoms with E-state index < -0.39 is 0 Å². The third kappa shape index (κ3) is 9.72. The van der Waals surface area contributed by atoms with Gasteiger partial charge in [0.1, 0.15) is 0 Å². The lowest BCUT2D eigenvalue weighted by Gasteiger charge is -2.22. The number of hydrogen-bond donors (Lipinski definition) is 1. The van der Waals surface area contributed by atoms with Gasteiger partial charge < -0.3 is 9.55 Å². The average molecular weight is 1510 g/mol. The fraction of sp³-hybridized carbons (Fsp3) is 0.0256. The maximum atomic E-state index is 3.60. The molecule has 552 valence electrons. The van der Waals surface area contributed by atoms with E-state index in [2.05, 4.69) is 430 Å². The fourth-order valence-corrected chi connectivity index (χ4v) is 21.7. The quantitative estimate of drug-likeness (QED) is 0.171. The van der Waals surface area contributed by atoms with Crippen LogP contribution in [0.1, 0.15) is 120 Å². The van der Waals surface area contributed by atoms with E-state index >= 15 is 0 Å². The molecular weight excluding hydrogens is 1430 g/mol. The maximum Gasteiger partial charge on any atom is 0.0625 e. The summed E-state index contributed by atoms with van der Waals surface area (Å²) in [6.07, 6.45) is 0. The van der Waals surface area contributed by atoms with E-state index in [9.17, 15) is 0 Å². The molecule has 0 bridgehead atoms. The Morgan fingerprint density at radius 1 is 0.185 bits per heavy atom. The van der Waals surface area contributed by atoms with Gasteiger partial charge in [-0.15, -0.1) is 0 Å². The number of allylic oxidation sites excluding steroid dienone is 6. The van der Waals surface area contributed by atoms with Crippen LogP contribution in [0.2, 0.25) is 0 Å². The summed E-state index contributed by atoms with van der Waals surface area (Å²) in [5.41, 5.74) is 48.8. The molecule has 0 saturated heterocycles. The van der Waals surface area contributed by atoms with Gasteiger partial charge in [-0.3, -0.25) is 0 Å². The van der Waals surface area contributed by atoms with Crippen molar-refractivity contribution >= 4 is 143 Å². The first kappa shape index (κ1) is 67.1. The Morgan fingerprint density at radius 3 is 0.950 bits per heavy atom. The van der Waals surface area contributed by atoms with Gasteiger partial charge in [0, 0.05) is 54.7 Å².